The molecule has 1 aromatic heterocycles. The molecule has 0 aliphatic carbocycles. The Balaban J connectivity index is 1.86. The lowest BCUT2D eigenvalue weighted by Gasteiger charge is -2.40. The first-order chi connectivity index (χ1) is 11.5. The molecule has 0 unspecified atom stereocenters. The van der Waals surface area contributed by atoms with E-state index in [1.54, 1.807) is 19.2 Å². The summed E-state index contributed by atoms with van der Waals surface area (Å²) in [7, 11) is 1.65. The molecule has 8 heteroatoms. The van der Waals surface area contributed by atoms with Gasteiger partial charge in [0, 0.05) is 13.5 Å². The van der Waals surface area contributed by atoms with Gasteiger partial charge in [-0.05, 0) is 43.6 Å². The van der Waals surface area contributed by atoms with Crippen molar-refractivity contribution in [1.82, 2.24) is 20.4 Å². The third-order valence-corrected chi connectivity index (χ3v) is 4.55. The number of carbonyl (C=O) groups excluding carboxylic acids is 1. The second-order valence-corrected chi connectivity index (χ2v) is 6.00. The highest BCUT2D eigenvalue weighted by molar-refractivity contribution is 5.72. The molecule has 1 fully saturated rings. The molecule has 1 aliphatic heterocycles. The molecule has 3 rings (SSSR count). The van der Waals surface area contributed by atoms with Crippen molar-refractivity contribution in [2.24, 2.45) is 5.73 Å². The highest BCUT2D eigenvalue weighted by Gasteiger charge is 2.44. The van der Waals surface area contributed by atoms with E-state index in [0.29, 0.717) is 31.0 Å². The molecule has 3 N–H and O–H groups in total. The predicted molar refractivity (Wildman–Crippen MR) is 84.6 cm³/mol. The number of primary amides is 1. The normalized spacial score (nSPS) is 16.8. The van der Waals surface area contributed by atoms with Gasteiger partial charge in [-0.2, -0.15) is 4.98 Å². The Labute approximate surface area is 139 Å². The third kappa shape index (κ3) is 3.09. The molecule has 0 spiro atoms. The highest BCUT2D eigenvalue weighted by Crippen LogP contribution is 2.35. The minimum absolute atomic E-state index is 0.288. The zero-order valence-electron chi connectivity index (χ0n) is 13.5. The molecule has 24 heavy (non-hydrogen) atoms. The summed E-state index contributed by atoms with van der Waals surface area (Å²) in [6, 6.07) is 5.62. The number of piperidine rings is 1. The van der Waals surface area contributed by atoms with Crippen molar-refractivity contribution in [3.8, 4) is 0 Å². The van der Waals surface area contributed by atoms with Gasteiger partial charge < -0.3 is 20.5 Å². The number of hydrogen-bond acceptors (Lipinski definition) is 5. The maximum Gasteiger partial charge on any atom is 0.315 e. The number of nitrogens with two attached hydrogens (primary N) is 1. The van der Waals surface area contributed by atoms with E-state index in [4.69, 9.17) is 10.3 Å². The standard InChI is InChI=1S/C16H20FN5O2/c1-22(15(18)23)16(6-8-19-9-7-16)14-20-13(21-24-14)10-11-2-4-12(17)5-3-11/h2-5,19H,6-10H2,1H3,(H2,18,23). The van der Waals surface area contributed by atoms with E-state index in [2.05, 4.69) is 15.5 Å². The van der Waals surface area contributed by atoms with Gasteiger partial charge in [-0.15, -0.1) is 0 Å². The van der Waals surface area contributed by atoms with Crippen molar-refractivity contribution < 1.29 is 13.7 Å². The number of hydrogen-bond donors (Lipinski definition) is 2. The second kappa shape index (κ2) is 6.56. The first kappa shape index (κ1) is 16.4. The number of amides is 2. The average molecular weight is 333 g/mol. The second-order valence-electron chi connectivity index (χ2n) is 6.00. The van der Waals surface area contributed by atoms with Gasteiger partial charge in [0.25, 0.3) is 5.89 Å². The van der Waals surface area contributed by atoms with E-state index in [0.717, 1.165) is 18.7 Å². The van der Waals surface area contributed by atoms with E-state index in [-0.39, 0.29) is 5.82 Å². The maximum absolute atomic E-state index is 13.0. The smallest absolute Gasteiger partial charge is 0.315 e. The molecule has 1 aliphatic rings. The van der Waals surface area contributed by atoms with Crippen molar-refractivity contribution in [3.63, 3.8) is 0 Å². The lowest BCUT2D eigenvalue weighted by molar-refractivity contribution is 0.0755. The summed E-state index contributed by atoms with van der Waals surface area (Å²) in [5.41, 5.74) is 5.67. The SMILES string of the molecule is CN(C(N)=O)C1(c2nc(Cc3ccc(F)cc3)no2)CCNCC1. The fourth-order valence-corrected chi connectivity index (χ4v) is 3.04. The number of benzene rings is 1. The monoisotopic (exact) mass is 333 g/mol. The van der Waals surface area contributed by atoms with E-state index in [1.165, 1.54) is 17.0 Å². The van der Waals surface area contributed by atoms with Crippen molar-refractivity contribution in [2.75, 3.05) is 20.1 Å². The molecule has 0 atom stereocenters. The fraction of sp³-hybridized carbons (Fsp3) is 0.438. The van der Waals surface area contributed by atoms with Crippen molar-refractivity contribution in [3.05, 3.63) is 47.4 Å². The van der Waals surface area contributed by atoms with Gasteiger partial charge in [0.15, 0.2) is 5.82 Å². The zero-order chi connectivity index (χ0) is 17.2. The van der Waals surface area contributed by atoms with Crippen molar-refractivity contribution in [2.45, 2.75) is 24.8 Å². The van der Waals surface area contributed by atoms with E-state index in [1.807, 2.05) is 0 Å². The summed E-state index contributed by atoms with van der Waals surface area (Å²) < 4.78 is 18.4. The van der Waals surface area contributed by atoms with Crippen LogP contribution in [-0.2, 0) is 12.0 Å². The van der Waals surface area contributed by atoms with Crippen LogP contribution in [0.15, 0.2) is 28.8 Å². The van der Waals surface area contributed by atoms with E-state index < -0.39 is 11.6 Å². The first-order valence-corrected chi connectivity index (χ1v) is 7.83. The number of aromatic nitrogens is 2. The summed E-state index contributed by atoms with van der Waals surface area (Å²) >= 11 is 0. The number of nitrogens with zero attached hydrogens (tertiary/aromatic N) is 3. The summed E-state index contributed by atoms with van der Waals surface area (Å²) in [5, 5.41) is 7.27. The summed E-state index contributed by atoms with van der Waals surface area (Å²) in [6.07, 6.45) is 1.72. The molecule has 0 radical (unpaired) electrons. The molecular weight excluding hydrogens is 313 g/mol. The number of urea groups is 1. The van der Waals surface area contributed by atoms with Gasteiger partial charge in [0.1, 0.15) is 11.4 Å². The topological polar surface area (TPSA) is 97.3 Å². The van der Waals surface area contributed by atoms with Crippen molar-refractivity contribution in [1.29, 1.82) is 0 Å². The van der Waals surface area contributed by atoms with E-state index in [9.17, 15) is 9.18 Å². The van der Waals surface area contributed by atoms with Gasteiger partial charge in [0.2, 0.25) is 0 Å². The van der Waals surface area contributed by atoms with Crippen LogP contribution in [-0.4, -0.2) is 41.2 Å². The molecule has 0 saturated carbocycles. The van der Waals surface area contributed by atoms with Crippen LogP contribution in [0.25, 0.3) is 0 Å². The fourth-order valence-electron chi connectivity index (χ4n) is 3.04. The third-order valence-electron chi connectivity index (χ3n) is 4.55. The Hall–Kier alpha value is -2.48. The van der Waals surface area contributed by atoms with Crippen LogP contribution < -0.4 is 11.1 Å². The van der Waals surface area contributed by atoms with Gasteiger partial charge in [0.05, 0.1) is 0 Å². The number of rotatable bonds is 4. The largest absolute Gasteiger partial charge is 0.351 e. The van der Waals surface area contributed by atoms with E-state index >= 15 is 0 Å². The van der Waals surface area contributed by atoms with Crippen molar-refractivity contribution >= 4 is 6.03 Å². The van der Waals surface area contributed by atoms with Gasteiger partial charge in [-0.1, -0.05) is 17.3 Å². The minimum Gasteiger partial charge on any atom is -0.351 e. The minimum atomic E-state index is -0.689. The zero-order valence-corrected chi connectivity index (χ0v) is 13.5. The van der Waals surface area contributed by atoms with Gasteiger partial charge in [-0.25, -0.2) is 9.18 Å². The molecule has 128 valence electrons. The Bertz CT molecular complexity index is 710. The Morgan fingerprint density at radius 1 is 1.38 bits per heavy atom. The van der Waals surface area contributed by atoms with Crippen LogP contribution in [0.1, 0.15) is 30.1 Å². The van der Waals surface area contributed by atoms with Crippen LogP contribution in [0, 0.1) is 5.82 Å². The number of carbonyl (C=O) groups is 1. The van der Waals surface area contributed by atoms with Gasteiger partial charge >= 0.3 is 6.03 Å². The van der Waals surface area contributed by atoms with Crippen LogP contribution in [0.2, 0.25) is 0 Å². The summed E-state index contributed by atoms with van der Waals surface area (Å²) in [4.78, 5) is 17.7. The van der Waals surface area contributed by atoms with Crippen LogP contribution in [0.4, 0.5) is 9.18 Å². The summed E-state index contributed by atoms with van der Waals surface area (Å²) in [5.74, 6) is 0.596. The molecule has 0 bridgehead atoms. The van der Waals surface area contributed by atoms with Gasteiger partial charge in [-0.3, -0.25) is 0 Å². The Morgan fingerprint density at radius 3 is 2.67 bits per heavy atom. The van der Waals surface area contributed by atoms with Crippen LogP contribution >= 0.6 is 0 Å². The summed E-state index contributed by atoms with van der Waals surface area (Å²) in [6.45, 7) is 1.46. The lowest BCUT2D eigenvalue weighted by atomic mass is 9.86. The van der Waals surface area contributed by atoms with Crippen LogP contribution in [0.3, 0.4) is 0 Å². The first-order valence-electron chi connectivity index (χ1n) is 7.83. The maximum atomic E-state index is 13.0. The Kier molecular flexibility index (Phi) is 4.48. The number of nitrogens with one attached hydrogen (secondary N) is 1. The predicted octanol–water partition coefficient (Wildman–Crippen LogP) is 1.39. The lowest BCUT2D eigenvalue weighted by Crippen LogP contribution is -2.54. The molecule has 2 heterocycles. The molecule has 1 aromatic carbocycles. The molecule has 2 amide bonds. The average Bonchev–Trinajstić information content (AvgIpc) is 3.06. The molecular formula is C16H20FN5O2. The molecule has 1 saturated heterocycles. The van der Waals surface area contributed by atoms with Crippen LogP contribution in [0.5, 0.6) is 0 Å². The number of halogens is 1. The quantitative estimate of drug-likeness (QED) is 0.881. The highest BCUT2D eigenvalue weighted by atomic mass is 19.1. The molecule has 2 aromatic rings. The Morgan fingerprint density at radius 2 is 2.04 bits per heavy atom. The molecule has 7 nitrogen and oxygen atoms in total.